The van der Waals surface area contributed by atoms with Crippen LogP contribution < -0.4 is 0 Å². The number of hydrogen-bond donors (Lipinski definition) is 0. The third-order valence-corrected chi connectivity index (χ3v) is 4.70. The van der Waals surface area contributed by atoms with Gasteiger partial charge in [-0.2, -0.15) is 4.80 Å². The average molecular weight is 412 g/mol. The van der Waals surface area contributed by atoms with Crippen molar-refractivity contribution >= 4 is 27.7 Å². The summed E-state index contributed by atoms with van der Waals surface area (Å²) in [7, 11) is 0. The van der Waals surface area contributed by atoms with Crippen LogP contribution in [-0.2, 0) is 13.0 Å². The number of imide groups is 1. The summed E-state index contributed by atoms with van der Waals surface area (Å²) in [4.78, 5) is 27.4. The molecule has 1 aliphatic heterocycles. The maximum absolute atomic E-state index is 12.3. The highest BCUT2D eigenvalue weighted by atomic mass is 79.9. The third-order valence-electron chi connectivity index (χ3n) is 4.17. The topological polar surface area (TPSA) is 81.0 Å². The molecule has 4 rings (SSSR count). The summed E-state index contributed by atoms with van der Waals surface area (Å²) in [6.45, 7) is 0.740. The molecule has 0 saturated carbocycles. The van der Waals surface area contributed by atoms with Gasteiger partial charge in [-0.05, 0) is 35.0 Å². The Balaban J connectivity index is 1.40. The molecule has 1 aromatic heterocycles. The van der Waals surface area contributed by atoms with Crippen molar-refractivity contribution in [2.45, 2.75) is 13.0 Å². The number of hydrogen-bond acceptors (Lipinski definition) is 5. The van der Waals surface area contributed by atoms with Gasteiger partial charge in [0.1, 0.15) is 0 Å². The van der Waals surface area contributed by atoms with Crippen molar-refractivity contribution in [3.05, 3.63) is 75.5 Å². The molecule has 2 heterocycles. The van der Waals surface area contributed by atoms with Crippen LogP contribution in [0.4, 0.5) is 0 Å². The summed E-state index contributed by atoms with van der Waals surface area (Å²) in [6, 6.07) is 14.7. The zero-order valence-corrected chi connectivity index (χ0v) is 15.3. The normalized spacial score (nSPS) is 13.3. The van der Waals surface area contributed by atoms with Gasteiger partial charge in [0.15, 0.2) is 5.82 Å². The number of tetrazole rings is 1. The van der Waals surface area contributed by atoms with E-state index < -0.39 is 0 Å². The van der Waals surface area contributed by atoms with E-state index in [9.17, 15) is 9.59 Å². The standard InChI is InChI=1S/C18H14BrN5O2/c19-13-7-5-12(6-8-13)11-24-21-16(20-22-24)9-10-23-17(25)14-3-1-2-4-15(14)18(23)26/h1-8H,9-11H2. The number of rotatable bonds is 5. The van der Waals surface area contributed by atoms with Gasteiger partial charge in [0.2, 0.25) is 0 Å². The fourth-order valence-electron chi connectivity index (χ4n) is 2.85. The molecule has 7 nitrogen and oxygen atoms in total. The summed E-state index contributed by atoms with van der Waals surface area (Å²) < 4.78 is 1.01. The number of carbonyl (C=O) groups excluding carboxylic acids is 2. The summed E-state index contributed by atoms with van der Waals surface area (Å²) in [5, 5.41) is 12.4. The van der Waals surface area contributed by atoms with Crippen molar-refractivity contribution in [2.75, 3.05) is 6.54 Å². The molecule has 0 atom stereocenters. The zero-order chi connectivity index (χ0) is 18.1. The fourth-order valence-corrected chi connectivity index (χ4v) is 3.11. The molecule has 2 aromatic carbocycles. The smallest absolute Gasteiger partial charge is 0.261 e. The van der Waals surface area contributed by atoms with E-state index in [1.54, 1.807) is 24.3 Å². The molecule has 130 valence electrons. The first kappa shape index (κ1) is 16.6. The minimum Gasteiger partial charge on any atom is -0.274 e. The minimum absolute atomic E-state index is 0.232. The minimum atomic E-state index is -0.271. The quantitative estimate of drug-likeness (QED) is 0.601. The molecule has 0 spiro atoms. The van der Waals surface area contributed by atoms with Crippen molar-refractivity contribution in [3.63, 3.8) is 0 Å². The molecule has 0 aliphatic carbocycles. The number of halogens is 1. The summed E-state index contributed by atoms with van der Waals surface area (Å²) in [6.07, 6.45) is 0.367. The van der Waals surface area contributed by atoms with Crippen LogP contribution in [0.5, 0.6) is 0 Å². The van der Waals surface area contributed by atoms with Gasteiger partial charge in [-0.3, -0.25) is 14.5 Å². The summed E-state index contributed by atoms with van der Waals surface area (Å²) >= 11 is 3.40. The second kappa shape index (κ2) is 6.80. The Kier molecular flexibility index (Phi) is 4.34. The van der Waals surface area contributed by atoms with Crippen LogP contribution in [0.15, 0.2) is 53.0 Å². The lowest BCUT2D eigenvalue weighted by atomic mass is 10.1. The van der Waals surface area contributed by atoms with Crippen LogP contribution in [0, 0.1) is 0 Å². The summed E-state index contributed by atoms with van der Waals surface area (Å²) in [5.74, 6) is -0.0422. The van der Waals surface area contributed by atoms with Crippen LogP contribution >= 0.6 is 15.9 Å². The molecule has 3 aromatic rings. The molecule has 0 N–H and O–H groups in total. The highest BCUT2D eigenvalue weighted by molar-refractivity contribution is 9.10. The molecule has 8 heteroatoms. The van der Waals surface area contributed by atoms with E-state index in [-0.39, 0.29) is 18.4 Å². The van der Waals surface area contributed by atoms with Crippen molar-refractivity contribution in [2.24, 2.45) is 0 Å². The van der Waals surface area contributed by atoms with Gasteiger partial charge in [-0.25, -0.2) is 0 Å². The van der Waals surface area contributed by atoms with Gasteiger partial charge in [0.25, 0.3) is 11.8 Å². The fraction of sp³-hybridized carbons (Fsp3) is 0.167. The lowest BCUT2D eigenvalue weighted by molar-refractivity contribution is 0.0655. The predicted molar refractivity (Wildman–Crippen MR) is 96.6 cm³/mol. The maximum atomic E-state index is 12.3. The van der Waals surface area contributed by atoms with Crippen LogP contribution in [-0.4, -0.2) is 43.5 Å². The number of amides is 2. The van der Waals surface area contributed by atoms with Crippen LogP contribution in [0.25, 0.3) is 0 Å². The van der Waals surface area contributed by atoms with Gasteiger partial charge in [0, 0.05) is 17.4 Å². The van der Waals surface area contributed by atoms with Gasteiger partial charge in [-0.1, -0.05) is 40.2 Å². The van der Waals surface area contributed by atoms with E-state index in [4.69, 9.17) is 0 Å². The number of carbonyl (C=O) groups is 2. The van der Waals surface area contributed by atoms with Crippen molar-refractivity contribution in [1.82, 2.24) is 25.1 Å². The summed E-state index contributed by atoms with van der Waals surface area (Å²) in [5.41, 5.74) is 1.95. The first-order chi connectivity index (χ1) is 12.6. The molecule has 2 amide bonds. The van der Waals surface area contributed by atoms with E-state index >= 15 is 0 Å². The van der Waals surface area contributed by atoms with E-state index in [1.165, 1.54) is 9.70 Å². The van der Waals surface area contributed by atoms with Crippen LogP contribution in [0.2, 0.25) is 0 Å². The average Bonchev–Trinajstić information content (AvgIpc) is 3.19. The number of aromatic nitrogens is 4. The van der Waals surface area contributed by atoms with Crippen LogP contribution in [0.3, 0.4) is 0 Å². The molecule has 0 fully saturated rings. The zero-order valence-electron chi connectivity index (χ0n) is 13.7. The second-order valence-corrected chi connectivity index (χ2v) is 6.84. The Morgan fingerprint density at radius 2 is 1.58 bits per heavy atom. The highest BCUT2D eigenvalue weighted by Gasteiger charge is 2.34. The molecule has 0 saturated heterocycles. The lowest BCUT2D eigenvalue weighted by Crippen LogP contribution is -2.32. The Morgan fingerprint density at radius 3 is 2.23 bits per heavy atom. The Labute approximate surface area is 157 Å². The lowest BCUT2D eigenvalue weighted by Gasteiger charge is -2.11. The first-order valence-corrected chi connectivity index (χ1v) is 8.87. The van der Waals surface area contributed by atoms with Gasteiger partial charge in [-0.15, -0.1) is 10.2 Å². The number of fused-ring (bicyclic) bond motifs is 1. The van der Waals surface area contributed by atoms with Gasteiger partial charge in [0.05, 0.1) is 17.7 Å². The predicted octanol–water partition coefficient (Wildman–Crippen LogP) is 2.32. The van der Waals surface area contributed by atoms with Crippen molar-refractivity contribution in [3.8, 4) is 0 Å². The maximum Gasteiger partial charge on any atom is 0.261 e. The molecule has 0 bridgehead atoms. The molecule has 0 radical (unpaired) electrons. The van der Waals surface area contributed by atoms with E-state index in [0.717, 1.165) is 10.0 Å². The Morgan fingerprint density at radius 1 is 0.923 bits per heavy atom. The molecule has 1 aliphatic rings. The third kappa shape index (κ3) is 3.15. The molecular formula is C18H14BrN5O2. The Bertz CT molecular complexity index is 948. The highest BCUT2D eigenvalue weighted by Crippen LogP contribution is 2.22. The molecule has 0 unspecified atom stereocenters. The molecule has 26 heavy (non-hydrogen) atoms. The van der Waals surface area contributed by atoms with Gasteiger partial charge < -0.3 is 0 Å². The number of benzene rings is 2. The second-order valence-electron chi connectivity index (χ2n) is 5.92. The van der Waals surface area contributed by atoms with Crippen molar-refractivity contribution in [1.29, 1.82) is 0 Å². The van der Waals surface area contributed by atoms with E-state index in [2.05, 4.69) is 31.3 Å². The molecular weight excluding hydrogens is 398 g/mol. The monoisotopic (exact) mass is 411 g/mol. The van der Waals surface area contributed by atoms with Crippen molar-refractivity contribution < 1.29 is 9.59 Å². The van der Waals surface area contributed by atoms with Crippen LogP contribution in [0.1, 0.15) is 32.1 Å². The van der Waals surface area contributed by atoms with Gasteiger partial charge >= 0.3 is 0 Å². The number of nitrogens with zero attached hydrogens (tertiary/aromatic N) is 5. The van der Waals surface area contributed by atoms with E-state index in [1.807, 2.05) is 24.3 Å². The Hall–Kier alpha value is -2.87. The van der Waals surface area contributed by atoms with E-state index in [0.29, 0.717) is 29.9 Å². The first-order valence-electron chi connectivity index (χ1n) is 8.08. The largest absolute Gasteiger partial charge is 0.274 e. The SMILES string of the molecule is O=C1c2ccccc2C(=O)N1CCc1nnn(Cc2ccc(Br)cc2)n1.